The summed E-state index contributed by atoms with van der Waals surface area (Å²) in [5.74, 6) is 1.37. The van der Waals surface area contributed by atoms with E-state index in [4.69, 9.17) is 9.47 Å². The van der Waals surface area contributed by atoms with Gasteiger partial charge in [0.2, 0.25) is 12.7 Å². The number of aromatic amines is 1. The normalized spacial score (nSPS) is 12.2. The van der Waals surface area contributed by atoms with Crippen LogP contribution in [0.2, 0.25) is 0 Å². The summed E-state index contributed by atoms with van der Waals surface area (Å²) in [6, 6.07) is 21.7. The first kappa shape index (κ1) is 22.7. The Labute approximate surface area is 204 Å². The molecule has 6 nitrogen and oxygen atoms in total. The smallest absolute Gasteiger partial charge is 0.253 e. The lowest BCUT2D eigenvalue weighted by Gasteiger charge is -2.23. The lowest BCUT2D eigenvalue weighted by Crippen LogP contribution is -2.32. The lowest BCUT2D eigenvalue weighted by atomic mass is 10.0. The molecule has 1 aromatic heterocycles. The van der Waals surface area contributed by atoms with Crippen LogP contribution >= 0.6 is 0 Å². The molecule has 0 unspecified atom stereocenters. The molecule has 178 valence electrons. The zero-order valence-corrected chi connectivity index (χ0v) is 20.0. The van der Waals surface area contributed by atoms with Crippen molar-refractivity contribution < 1.29 is 14.3 Å². The first-order chi connectivity index (χ1) is 17.0. The third kappa shape index (κ3) is 5.06. The number of carbonyl (C=O) groups is 1. The maximum absolute atomic E-state index is 13.4. The minimum atomic E-state index is -0.170. The van der Waals surface area contributed by atoms with Crippen molar-refractivity contribution in [2.24, 2.45) is 0 Å². The Hall–Kier alpha value is -4.06. The molecule has 0 saturated heterocycles. The van der Waals surface area contributed by atoms with Crippen LogP contribution in [0.1, 0.15) is 34.2 Å². The Bertz CT molecular complexity index is 1440. The second kappa shape index (κ2) is 9.66. The number of pyridine rings is 1. The summed E-state index contributed by atoms with van der Waals surface area (Å²) in [4.78, 5) is 31.2. The Kier molecular flexibility index (Phi) is 6.27. The highest BCUT2D eigenvalue weighted by Gasteiger charge is 2.19. The Balaban J connectivity index is 1.43. The largest absolute Gasteiger partial charge is 0.454 e. The maximum Gasteiger partial charge on any atom is 0.253 e. The Morgan fingerprint density at radius 2 is 1.71 bits per heavy atom. The Morgan fingerprint density at radius 3 is 2.54 bits per heavy atom. The molecule has 0 saturated carbocycles. The minimum Gasteiger partial charge on any atom is -0.454 e. The number of aryl methyl sites for hydroxylation is 3. The predicted molar refractivity (Wildman–Crippen MR) is 136 cm³/mol. The van der Waals surface area contributed by atoms with E-state index in [0.29, 0.717) is 36.4 Å². The van der Waals surface area contributed by atoms with Crippen LogP contribution in [0.4, 0.5) is 0 Å². The van der Waals surface area contributed by atoms with E-state index in [0.717, 1.165) is 33.2 Å². The quantitative estimate of drug-likeness (QED) is 0.413. The van der Waals surface area contributed by atoms with Crippen LogP contribution in [0.3, 0.4) is 0 Å². The molecule has 5 rings (SSSR count). The van der Waals surface area contributed by atoms with Crippen molar-refractivity contribution >= 4 is 16.8 Å². The molecular formula is C29H28N2O4. The second-order valence-electron chi connectivity index (χ2n) is 9.09. The van der Waals surface area contributed by atoms with Crippen LogP contribution in [0.5, 0.6) is 11.5 Å². The van der Waals surface area contributed by atoms with Crippen molar-refractivity contribution in [2.45, 2.75) is 39.8 Å². The topological polar surface area (TPSA) is 71.6 Å². The van der Waals surface area contributed by atoms with E-state index in [1.807, 2.05) is 68.4 Å². The zero-order chi connectivity index (χ0) is 24.4. The summed E-state index contributed by atoms with van der Waals surface area (Å²) < 4.78 is 10.9. The fourth-order valence-electron chi connectivity index (χ4n) is 4.60. The first-order valence-electron chi connectivity index (χ1n) is 11.8. The van der Waals surface area contributed by atoms with E-state index in [-0.39, 0.29) is 24.8 Å². The molecule has 1 aliphatic rings. The third-order valence-corrected chi connectivity index (χ3v) is 6.36. The molecule has 0 spiro atoms. The molecule has 0 radical (unpaired) electrons. The van der Waals surface area contributed by atoms with Gasteiger partial charge in [-0.25, -0.2) is 0 Å². The fourth-order valence-corrected chi connectivity index (χ4v) is 4.60. The SMILES string of the molecule is Cc1cc(C)c2[nH]c(=O)c(CN(Cc3ccc4c(c3)OCO4)C(=O)CCc3ccccc3)cc2c1. The number of hydrogen-bond acceptors (Lipinski definition) is 4. The van der Waals surface area contributed by atoms with Gasteiger partial charge in [0.1, 0.15) is 0 Å². The van der Waals surface area contributed by atoms with Gasteiger partial charge in [-0.1, -0.05) is 48.0 Å². The number of benzene rings is 3. The molecule has 0 aliphatic carbocycles. The molecule has 1 aliphatic heterocycles. The average molecular weight is 469 g/mol. The summed E-state index contributed by atoms with van der Waals surface area (Å²) in [6.07, 6.45) is 1.00. The first-order valence-corrected chi connectivity index (χ1v) is 11.8. The number of H-pyrrole nitrogens is 1. The van der Waals surface area contributed by atoms with Crippen molar-refractivity contribution in [3.8, 4) is 11.5 Å². The lowest BCUT2D eigenvalue weighted by molar-refractivity contribution is -0.132. The molecule has 0 atom stereocenters. The number of ether oxygens (including phenoxy) is 2. The molecule has 3 aromatic carbocycles. The van der Waals surface area contributed by atoms with E-state index >= 15 is 0 Å². The molecule has 4 aromatic rings. The van der Waals surface area contributed by atoms with Crippen LogP contribution in [-0.2, 0) is 24.3 Å². The number of fused-ring (bicyclic) bond motifs is 2. The van der Waals surface area contributed by atoms with E-state index in [1.165, 1.54) is 0 Å². The third-order valence-electron chi connectivity index (χ3n) is 6.36. The molecular weight excluding hydrogens is 440 g/mol. The molecule has 0 fully saturated rings. The molecule has 1 N–H and O–H groups in total. The van der Waals surface area contributed by atoms with Crippen molar-refractivity contribution in [3.05, 3.63) is 105 Å². The number of aromatic nitrogens is 1. The van der Waals surface area contributed by atoms with Gasteiger partial charge < -0.3 is 19.4 Å². The summed E-state index contributed by atoms with van der Waals surface area (Å²) in [5, 5.41) is 0.969. The molecule has 0 bridgehead atoms. The number of hydrogen-bond donors (Lipinski definition) is 1. The highest BCUT2D eigenvalue weighted by atomic mass is 16.7. The van der Waals surface area contributed by atoms with E-state index in [9.17, 15) is 9.59 Å². The summed E-state index contributed by atoms with van der Waals surface area (Å²) in [5.41, 5.74) is 5.42. The zero-order valence-electron chi connectivity index (χ0n) is 20.0. The monoisotopic (exact) mass is 468 g/mol. The van der Waals surface area contributed by atoms with Gasteiger partial charge >= 0.3 is 0 Å². The van der Waals surface area contributed by atoms with Crippen LogP contribution in [0.25, 0.3) is 10.9 Å². The number of nitrogens with one attached hydrogen (secondary N) is 1. The van der Waals surface area contributed by atoms with Crippen molar-refractivity contribution in [1.82, 2.24) is 9.88 Å². The predicted octanol–water partition coefficient (Wildman–Crippen LogP) is 5.04. The van der Waals surface area contributed by atoms with Crippen LogP contribution in [0.15, 0.2) is 71.5 Å². The summed E-state index contributed by atoms with van der Waals surface area (Å²) >= 11 is 0. The van der Waals surface area contributed by atoms with E-state index in [1.54, 1.807) is 4.90 Å². The highest BCUT2D eigenvalue weighted by Crippen LogP contribution is 2.33. The maximum atomic E-state index is 13.4. The standard InChI is InChI=1S/C29H28N2O4/c1-19-12-20(2)28-23(13-19)15-24(29(33)30-28)17-31(27(32)11-9-21-6-4-3-5-7-21)16-22-8-10-25-26(14-22)35-18-34-25/h3-8,10,12-15H,9,11,16-18H2,1-2H3,(H,30,33). The van der Waals surface area contributed by atoms with Gasteiger partial charge in [0.15, 0.2) is 11.5 Å². The summed E-state index contributed by atoms with van der Waals surface area (Å²) in [7, 11) is 0. The van der Waals surface area contributed by atoms with E-state index < -0.39 is 0 Å². The minimum absolute atomic E-state index is 0.00793. The van der Waals surface area contributed by atoms with Gasteiger partial charge in [-0.3, -0.25) is 9.59 Å². The molecule has 2 heterocycles. The van der Waals surface area contributed by atoms with E-state index in [2.05, 4.69) is 17.1 Å². The number of amides is 1. The van der Waals surface area contributed by atoms with Crippen LogP contribution < -0.4 is 15.0 Å². The van der Waals surface area contributed by atoms with Crippen molar-refractivity contribution in [2.75, 3.05) is 6.79 Å². The van der Waals surface area contributed by atoms with Gasteiger partial charge in [0.05, 0.1) is 12.1 Å². The Morgan fingerprint density at radius 1 is 0.914 bits per heavy atom. The van der Waals surface area contributed by atoms with Crippen molar-refractivity contribution in [1.29, 1.82) is 0 Å². The number of carbonyl (C=O) groups excluding carboxylic acids is 1. The molecule has 35 heavy (non-hydrogen) atoms. The van der Waals surface area contributed by atoms with Gasteiger partial charge in [-0.15, -0.1) is 0 Å². The van der Waals surface area contributed by atoms with Gasteiger partial charge in [0.25, 0.3) is 5.56 Å². The average Bonchev–Trinajstić information content (AvgIpc) is 3.32. The van der Waals surface area contributed by atoms with Crippen LogP contribution in [0, 0.1) is 13.8 Å². The second-order valence-corrected chi connectivity index (χ2v) is 9.09. The van der Waals surface area contributed by atoms with Gasteiger partial charge in [-0.05, 0) is 66.6 Å². The summed E-state index contributed by atoms with van der Waals surface area (Å²) in [6.45, 7) is 4.82. The van der Waals surface area contributed by atoms with Gasteiger partial charge in [-0.2, -0.15) is 0 Å². The number of rotatable bonds is 7. The van der Waals surface area contributed by atoms with Gasteiger partial charge in [0, 0.05) is 18.5 Å². The van der Waals surface area contributed by atoms with Crippen LogP contribution in [-0.4, -0.2) is 22.6 Å². The molecule has 1 amide bonds. The van der Waals surface area contributed by atoms with Crippen molar-refractivity contribution in [3.63, 3.8) is 0 Å². The number of nitrogens with zero attached hydrogens (tertiary/aromatic N) is 1. The molecule has 6 heteroatoms. The fraction of sp³-hybridized carbons (Fsp3) is 0.241. The highest BCUT2D eigenvalue weighted by molar-refractivity contribution is 5.83.